The number of benzene rings is 1. The van der Waals surface area contributed by atoms with Crippen molar-refractivity contribution in [2.75, 3.05) is 0 Å². The summed E-state index contributed by atoms with van der Waals surface area (Å²) in [5, 5.41) is 0. The smallest absolute Gasteiger partial charge is 0.149 e. The van der Waals surface area contributed by atoms with Gasteiger partial charge in [-0.3, -0.25) is 0 Å². The van der Waals surface area contributed by atoms with E-state index in [2.05, 4.69) is 48.1 Å². The van der Waals surface area contributed by atoms with Crippen LogP contribution >= 0.6 is 11.1 Å². The van der Waals surface area contributed by atoms with Gasteiger partial charge in [-0.05, 0) is 80.5 Å². The fourth-order valence-corrected chi connectivity index (χ4v) is 6.19. The summed E-state index contributed by atoms with van der Waals surface area (Å²) in [5.41, 5.74) is 12.4. The van der Waals surface area contributed by atoms with Crippen LogP contribution in [0.15, 0.2) is 5.57 Å². The van der Waals surface area contributed by atoms with Crippen LogP contribution in [-0.4, -0.2) is 8.11 Å². The number of hydrogen-bond donors (Lipinski definition) is 0. The molecular formula is C16H23ClSi. The fourth-order valence-electron chi connectivity index (χ4n) is 3.43. The van der Waals surface area contributed by atoms with Crippen molar-refractivity contribution in [3.8, 4) is 0 Å². The van der Waals surface area contributed by atoms with Crippen LogP contribution in [0.5, 0.6) is 0 Å². The van der Waals surface area contributed by atoms with Crippen LogP contribution in [-0.2, 0) is 0 Å². The van der Waals surface area contributed by atoms with Crippen molar-refractivity contribution < 1.29 is 0 Å². The molecule has 1 aromatic carbocycles. The number of rotatable bonds is 1. The maximum atomic E-state index is 6.59. The molecule has 0 nitrogen and oxygen atoms in total. The number of fused-ring (bicyclic) bond motifs is 1. The van der Waals surface area contributed by atoms with E-state index in [9.17, 15) is 0 Å². The molecule has 0 spiro atoms. The minimum absolute atomic E-state index is 0.527. The van der Waals surface area contributed by atoms with Gasteiger partial charge in [0.25, 0.3) is 0 Å². The zero-order valence-corrected chi connectivity index (χ0v) is 14.4. The van der Waals surface area contributed by atoms with Crippen LogP contribution in [0.3, 0.4) is 0 Å². The van der Waals surface area contributed by atoms with Gasteiger partial charge in [-0.25, -0.2) is 0 Å². The predicted octanol–water partition coefficient (Wildman–Crippen LogP) is 4.94. The van der Waals surface area contributed by atoms with E-state index in [1.807, 2.05) is 0 Å². The number of hydrogen-bond acceptors (Lipinski definition) is 0. The molecule has 0 aliphatic heterocycles. The van der Waals surface area contributed by atoms with Gasteiger partial charge in [-0.1, -0.05) is 12.1 Å². The molecule has 0 aromatic heterocycles. The summed E-state index contributed by atoms with van der Waals surface area (Å²) >= 11 is 6.59. The van der Waals surface area contributed by atoms with E-state index >= 15 is 0 Å². The van der Waals surface area contributed by atoms with Gasteiger partial charge in [0.2, 0.25) is 0 Å². The summed E-state index contributed by atoms with van der Waals surface area (Å²) < 4.78 is 0. The molecule has 0 radical (unpaired) electrons. The van der Waals surface area contributed by atoms with Gasteiger partial charge in [0.15, 0.2) is 0 Å². The predicted molar refractivity (Wildman–Crippen MR) is 85.3 cm³/mol. The van der Waals surface area contributed by atoms with Crippen LogP contribution in [0.2, 0.25) is 6.55 Å². The molecule has 0 N–H and O–H groups in total. The first kappa shape index (κ1) is 13.9. The first-order chi connectivity index (χ1) is 8.29. The van der Waals surface area contributed by atoms with Gasteiger partial charge in [0.05, 0.1) is 0 Å². The van der Waals surface area contributed by atoms with E-state index in [0.29, 0.717) is 5.54 Å². The Labute approximate surface area is 117 Å². The van der Waals surface area contributed by atoms with E-state index in [1.165, 1.54) is 39.0 Å². The first-order valence-corrected chi connectivity index (χ1v) is 10.3. The Hall–Kier alpha value is -0.533. The summed E-state index contributed by atoms with van der Waals surface area (Å²) in [7, 11) is -1.23. The topological polar surface area (TPSA) is 0 Å². The maximum absolute atomic E-state index is 6.59. The lowest BCUT2D eigenvalue weighted by atomic mass is 9.88. The molecule has 2 rings (SSSR count). The van der Waals surface area contributed by atoms with E-state index in [1.54, 1.807) is 5.56 Å². The zero-order chi connectivity index (χ0) is 13.8. The minimum atomic E-state index is -1.23. The Kier molecular flexibility index (Phi) is 3.50. The number of halogens is 1. The molecule has 0 fully saturated rings. The standard InChI is InChI=1S/C16H23ClSi/c1-8-9(2)11(4)15-14(10(8)3)12(5)13(6)16(15)18(7)17/h16,18H,1-7H3. The van der Waals surface area contributed by atoms with Gasteiger partial charge in [0.1, 0.15) is 8.11 Å². The van der Waals surface area contributed by atoms with Gasteiger partial charge in [0, 0.05) is 5.54 Å². The number of allylic oxidation sites excluding steroid dienone is 2. The van der Waals surface area contributed by atoms with Crippen molar-refractivity contribution in [2.45, 2.75) is 53.6 Å². The molecule has 2 atom stereocenters. The molecular weight excluding hydrogens is 256 g/mol. The van der Waals surface area contributed by atoms with Crippen molar-refractivity contribution in [1.29, 1.82) is 0 Å². The lowest BCUT2D eigenvalue weighted by Crippen LogP contribution is -2.15. The summed E-state index contributed by atoms with van der Waals surface area (Å²) in [6.45, 7) is 15.8. The second kappa shape index (κ2) is 4.54. The maximum Gasteiger partial charge on any atom is 0.149 e. The summed E-state index contributed by atoms with van der Waals surface area (Å²) in [6.07, 6.45) is 0. The Morgan fingerprint density at radius 3 is 1.83 bits per heavy atom. The molecule has 1 aliphatic rings. The molecule has 0 amide bonds. The second-order valence-electron chi connectivity index (χ2n) is 5.75. The van der Waals surface area contributed by atoms with Crippen LogP contribution in [0.1, 0.15) is 52.8 Å². The quantitative estimate of drug-likeness (QED) is 0.504. The van der Waals surface area contributed by atoms with E-state index in [-0.39, 0.29) is 0 Å². The van der Waals surface area contributed by atoms with Crippen molar-refractivity contribution in [3.63, 3.8) is 0 Å². The lowest BCUT2D eigenvalue weighted by Gasteiger charge is -2.22. The van der Waals surface area contributed by atoms with E-state index < -0.39 is 8.11 Å². The van der Waals surface area contributed by atoms with Crippen LogP contribution in [0, 0.1) is 27.7 Å². The highest BCUT2D eigenvalue weighted by Gasteiger charge is 2.34. The SMILES string of the molecule is CC1=C(C)C([SiH](C)Cl)c2c(C)c(C)c(C)c(C)c21. The van der Waals surface area contributed by atoms with E-state index in [0.717, 1.165) is 0 Å². The van der Waals surface area contributed by atoms with E-state index in [4.69, 9.17) is 11.1 Å². The summed E-state index contributed by atoms with van der Waals surface area (Å²) in [6, 6.07) is 0. The third-order valence-corrected chi connectivity index (χ3v) is 7.45. The van der Waals surface area contributed by atoms with Gasteiger partial charge >= 0.3 is 0 Å². The van der Waals surface area contributed by atoms with Crippen molar-refractivity contribution in [2.24, 2.45) is 0 Å². The van der Waals surface area contributed by atoms with Gasteiger partial charge in [-0.15, -0.1) is 0 Å². The van der Waals surface area contributed by atoms with Crippen molar-refractivity contribution in [3.05, 3.63) is 39.0 Å². The molecule has 98 valence electrons. The average molecular weight is 279 g/mol. The summed E-state index contributed by atoms with van der Waals surface area (Å²) in [4.78, 5) is 0. The fraction of sp³-hybridized carbons (Fsp3) is 0.500. The normalized spacial score (nSPS) is 20.3. The largest absolute Gasteiger partial charge is 0.171 e. The first-order valence-electron chi connectivity index (χ1n) is 6.71. The zero-order valence-electron chi connectivity index (χ0n) is 12.5. The highest BCUT2D eigenvalue weighted by molar-refractivity contribution is 7.07. The van der Waals surface area contributed by atoms with Gasteiger partial charge < -0.3 is 0 Å². The monoisotopic (exact) mass is 278 g/mol. The minimum Gasteiger partial charge on any atom is -0.171 e. The molecule has 18 heavy (non-hydrogen) atoms. The highest BCUT2D eigenvalue weighted by Crippen LogP contribution is 2.48. The Bertz CT molecular complexity index is 553. The lowest BCUT2D eigenvalue weighted by molar-refractivity contribution is 1.06. The Morgan fingerprint density at radius 1 is 0.833 bits per heavy atom. The molecule has 1 aromatic rings. The molecule has 0 bridgehead atoms. The van der Waals surface area contributed by atoms with Crippen molar-refractivity contribution >= 4 is 24.8 Å². The molecule has 1 aliphatic carbocycles. The second-order valence-corrected chi connectivity index (χ2v) is 9.84. The molecule has 2 unspecified atom stereocenters. The third kappa shape index (κ3) is 1.71. The summed E-state index contributed by atoms with van der Waals surface area (Å²) in [5.74, 6) is 0. The van der Waals surface area contributed by atoms with Crippen LogP contribution < -0.4 is 0 Å². The molecule has 2 heteroatoms. The van der Waals surface area contributed by atoms with Crippen LogP contribution in [0.25, 0.3) is 5.57 Å². The highest BCUT2D eigenvalue weighted by atomic mass is 35.6. The third-order valence-electron chi connectivity index (χ3n) is 4.94. The molecule has 0 saturated heterocycles. The van der Waals surface area contributed by atoms with Gasteiger partial charge in [-0.2, -0.15) is 11.1 Å². The molecule has 0 heterocycles. The Balaban J connectivity index is 2.85. The Morgan fingerprint density at radius 2 is 1.33 bits per heavy atom. The van der Waals surface area contributed by atoms with Crippen LogP contribution in [0.4, 0.5) is 0 Å². The van der Waals surface area contributed by atoms with Crippen molar-refractivity contribution in [1.82, 2.24) is 0 Å². The average Bonchev–Trinajstić information content (AvgIpc) is 2.57. The molecule has 0 saturated carbocycles.